The lowest BCUT2D eigenvalue weighted by Crippen LogP contribution is -2.38. The fraction of sp³-hybridized carbons (Fsp3) is 0.562. The highest BCUT2D eigenvalue weighted by atomic mass is 32.1. The molecule has 1 N–H and O–H groups in total. The van der Waals surface area contributed by atoms with E-state index in [2.05, 4.69) is 45.3 Å². The lowest BCUT2D eigenvalue weighted by Gasteiger charge is -2.22. The highest BCUT2D eigenvalue weighted by Crippen LogP contribution is 2.18. The lowest BCUT2D eigenvalue weighted by atomic mass is 10.1. The van der Waals surface area contributed by atoms with Gasteiger partial charge in [-0.25, -0.2) is 4.98 Å². The maximum absolute atomic E-state index is 4.57. The summed E-state index contributed by atoms with van der Waals surface area (Å²) < 4.78 is 1.88. The minimum Gasteiger partial charge on any atom is -0.351 e. The Bertz CT molecular complexity index is 670. The SMILES string of the molecule is CN=C(NCc1scnc1C)N(C)Cc1cn(C)nc1C(C)C. The van der Waals surface area contributed by atoms with Crippen molar-refractivity contribution < 1.29 is 0 Å². The van der Waals surface area contributed by atoms with Crippen LogP contribution in [-0.2, 0) is 20.1 Å². The maximum atomic E-state index is 4.57. The summed E-state index contributed by atoms with van der Waals surface area (Å²) in [7, 11) is 5.83. The van der Waals surface area contributed by atoms with Gasteiger partial charge in [-0.15, -0.1) is 11.3 Å². The lowest BCUT2D eigenvalue weighted by molar-refractivity contribution is 0.473. The topological polar surface area (TPSA) is 58.3 Å². The van der Waals surface area contributed by atoms with Crippen LogP contribution in [0.25, 0.3) is 0 Å². The molecule has 2 aromatic rings. The Labute approximate surface area is 142 Å². The van der Waals surface area contributed by atoms with Crippen molar-refractivity contribution in [2.75, 3.05) is 14.1 Å². The molecule has 0 amide bonds. The summed E-state index contributed by atoms with van der Waals surface area (Å²) in [5.41, 5.74) is 5.34. The third-order valence-electron chi connectivity index (χ3n) is 3.72. The van der Waals surface area contributed by atoms with E-state index >= 15 is 0 Å². The third-order valence-corrected chi connectivity index (χ3v) is 4.65. The second-order valence-electron chi connectivity index (χ2n) is 5.99. The van der Waals surface area contributed by atoms with Gasteiger partial charge >= 0.3 is 0 Å². The smallest absolute Gasteiger partial charge is 0.193 e. The summed E-state index contributed by atoms with van der Waals surface area (Å²) in [4.78, 5) is 12.0. The average Bonchev–Trinajstić information content (AvgIpc) is 3.06. The van der Waals surface area contributed by atoms with Gasteiger partial charge in [-0.3, -0.25) is 9.67 Å². The average molecular weight is 334 g/mol. The van der Waals surface area contributed by atoms with Gasteiger partial charge in [0.1, 0.15) is 0 Å². The number of nitrogens with one attached hydrogen (secondary N) is 1. The first-order valence-corrected chi connectivity index (χ1v) is 8.63. The molecule has 0 aliphatic carbocycles. The van der Waals surface area contributed by atoms with Crippen LogP contribution in [0.1, 0.15) is 41.6 Å². The van der Waals surface area contributed by atoms with Crippen LogP contribution < -0.4 is 5.32 Å². The number of aromatic nitrogens is 3. The van der Waals surface area contributed by atoms with Crippen molar-refractivity contribution in [1.82, 2.24) is 25.0 Å². The highest BCUT2D eigenvalue weighted by Gasteiger charge is 2.15. The second kappa shape index (κ2) is 7.59. The molecule has 0 radical (unpaired) electrons. The minimum atomic E-state index is 0.411. The largest absolute Gasteiger partial charge is 0.351 e. The maximum Gasteiger partial charge on any atom is 0.193 e. The van der Waals surface area contributed by atoms with Crippen LogP contribution in [0, 0.1) is 6.92 Å². The zero-order valence-corrected chi connectivity index (χ0v) is 15.6. The summed E-state index contributed by atoms with van der Waals surface area (Å²) in [6.45, 7) is 7.90. The molecule has 0 atom stereocenters. The molecule has 23 heavy (non-hydrogen) atoms. The molecule has 126 valence electrons. The van der Waals surface area contributed by atoms with Crippen LogP contribution in [0.3, 0.4) is 0 Å². The molecular weight excluding hydrogens is 308 g/mol. The van der Waals surface area contributed by atoms with Crippen molar-refractivity contribution >= 4 is 17.3 Å². The van der Waals surface area contributed by atoms with Gasteiger partial charge in [-0.05, 0) is 12.8 Å². The third kappa shape index (κ3) is 4.31. The molecule has 2 heterocycles. The van der Waals surface area contributed by atoms with Crippen molar-refractivity contribution in [3.8, 4) is 0 Å². The monoisotopic (exact) mass is 334 g/mol. The van der Waals surface area contributed by atoms with Crippen LogP contribution in [-0.4, -0.2) is 39.7 Å². The van der Waals surface area contributed by atoms with E-state index in [0.717, 1.165) is 30.4 Å². The van der Waals surface area contributed by atoms with E-state index in [1.54, 1.807) is 11.3 Å². The first-order chi connectivity index (χ1) is 10.9. The van der Waals surface area contributed by atoms with E-state index in [4.69, 9.17) is 0 Å². The molecule has 7 heteroatoms. The van der Waals surface area contributed by atoms with Gasteiger partial charge in [0.15, 0.2) is 5.96 Å². The van der Waals surface area contributed by atoms with E-state index in [-0.39, 0.29) is 0 Å². The molecule has 0 aliphatic rings. The molecule has 0 aliphatic heterocycles. The highest BCUT2D eigenvalue weighted by molar-refractivity contribution is 7.09. The minimum absolute atomic E-state index is 0.411. The zero-order chi connectivity index (χ0) is 17.0. The van der Waals surface area contributed by atoms with Gasteiger partial charge in [0.05, 0.1) is 23.4 Å². The number of nitrogens with zero attached hydrogens (tertiary/aromatic N) is 5. The van der Waals surface area contributed by atoms with E-state index in [0.29, 0.717) is 5.92 Å². The van der Waals surface area contributed by atoms with Crippen molar-refractivity contribution in [2.45, 2.75) is 39.8 Å². The standard InChI is InChI=1S/C16H26N6S/c1-11(2)15-13(9-22(6)20-15)8-21(5)16(17-4)18-7-14-12(3)19-10-23-14/h9-11H,7-8H2,1-6H3,(H,17,18). The zero-order valence-electron chi connectivity index (χ0n) is 14.8. The Morgan fingerprint density at radius 2 is 2.22 bits per heavy atom. The quantitative estimate of drug-likeness (QED) is 0.674. The predicted octanol–water partition coefficient (Wildman–Crippen LogP) is 2.52. The normalized spacial score (nSPS) is 12.0. The molecule has 2 rings (SSSR count). The van der Waals surface area contributed by atoms with Gasteiger partial charge in [0.2, 0.25) is 0 Å². The first-order valence-electron chi connectivity index (χ1n) is 7.75. The molecule has 0 fully saturated rings. The second-order valence-corrected chi connectivity index (χ2v) is 6.93. The van der Waals surface area contributed by atoms with E-state index in [1.807, 2.05) is 38.3 Å². The summed E-state index contributed by atoms with van der Waals surface area (Å²) in [5, 5.41) is 7.98. The van der Waals surface area contributed by atoms with Crippen LogP contribution >= 0.6 is 11.3 Å². The van der Waals surface area contributed by atoms with Crippen LogP contribution in [0.15, 0.2) is 16.7 Å². The summed E-state index contributed by atoms with van der Waals surface area (Å²) in [5.74, 6) is 1.28. The van der Waals surface area contributed by atoms with Gasteiger partial charge in [-0.1, -0.05) is 13.8 Å². The van der Waals surface area contributed by atoms with Crippen molar-refractivity contribution in [2.24, 2.45) is 12.0 Å². The Balaban J connectivity index is 2.03. The Kier molecular flexibility index (Phi) is 5.76. The summed E-state index contributed by atoms with van der Waals surface area (Å²) >= 11 is 1.67. The Morgan fingerprint density at radius 1 is 1.48 bits per heavy atom. The van der Waals surface area contributed by atoms with Crippen molar-refractivity contribution in [3.05, 3.63) is 33.5 Å². The van der Waals surface area contributed by atoms with Gasteiger partial charge in [0, 0.05) is 44.3 Å². The first kappa shape index (κ1) is 17.5. The van der Waals surface area contributed by atoms with Crippen molar-refractivity contribution in [1.29, 1.82) is 0 Å². The van der Waals surface area contributed by atoms with Crippen molar-refractivity contribution in [3.63, 3.8) is 0 Å². The van der Waals surface area contributed by atoms with Crippen LogP contribution in [0.4, 0.5) is 0 Å². The summed E-state index contributed by atoms with van der Waals surface area (Å²) in [6, 6.07) is 0. The van der Waals surface area contributed by atoms with Gasteiger partial charge in [0.25, 0.3) is 0 Å². The number of guanidine groups is 1. The molecule has 0 bridgehead atoms. The fourth-order valence-corrected chi connectivity index (χ4v) is 3.25. The number of aryl methyl sites for hydroxylation is 2. The number of hydrogen-bond acceptors (Lipinski definition) is 4. The molecule has 0 saturated carbocycles. The van der Waals surface area contributed by atoms with E-state index < -0.39 is 0 Å². The number of thiazole rings is 1. The van der Waals surface area contributed by atoms with Crippen LogP contribution in [0.5, 0.6) is 0 Å². The molecule has 0 spiro atoms. The molecule has 2 aromatic heterocycles. The van der Waals surface area contributed by atoms with E-state index in [1.165, 1.54) is 10.4 Å². The predicted molar refractivity (Wildman–Crippen MR) is 95.8 cm³/mol. The van der Waals surface area contributed by atoms with Gasteiger partial charge < -0.3 is 10.2 Å². The molecule has 0 aromatic carbocycles. The summed E-state index contributed by atoms with van der Waals surface area (Å²) in [6.07, 6.45) is 2.09. The number of rotatable bonds is 5. The molecular formula is C16H26N6S. The van der Waals surface area contributed by atoms with E-state index in [9.17, 15) is 0 Å². The fourth-order valence-electron chi connectivity index (χ4n) is 2.53. The number of aliphatic imine (C=N–C) groups is 1. The Morgan fingerprint density at radius 3 is 2.78 bits per heavy atom. The Hall–Kier alpha value is -1.89. The number of hydrogen-bond donors (Lipinski definition) is 1. The molecule has 0 saturated heterocycles. The molecule has 0 unspecified atom stereocenters. The van der Waals surface area contributed by atoms with Gasteiger partial charge in [-0.2, -0.15) is 5.10 Å². The molecule has 6 nitrogen and oxygen atoms in total. The van der Waals surface area contributed by atoms with Crippen LogP contribution in [0.2, 0.25) is 0 Å².